The van der Waals surface area contributed by atoms with Crippen LogP contribution in [0.2, 0.25) is 0 Å². The minimum Gasteiger partial charge on any atom is -0.202 e. The van der Waals surface area contributed by atoms with Crippen LogP contribution in [0.3, 0.4) is 0 Å². The number of rotatable bonds is 12. The third-order valence-corrected chi connectivity index (χ3v) is 11.9. The van der Waals surface area contributed by atoms with Gasteiger partial charge in [-0.25, -0.2) is 3.63 Å². The van der Waals surface area contributed by atoms with Crippen molar-refractivity contribution in [2.45, 2.75) is 68.6 Å². The predicted molar refractivity (Wildman–Crippen MR) is 137 cm³/mol. The summed E-state index contributed by atoms with van der Waals surface area (Å²) in [5, 5.41) is -7.85. The lowest BCUT2D eigenvalue weighted by atomic mass is 9.91. The van der Waals surface area contributed by atoms with Gasteiger partial charge in [-0.3, -0.25) is 0 Å². The Morgan fingerprint density at radius 3 is 1.08 bits per heavy atom. The van der Waals surface area contributed by atoms with Crippen molar-refractivity contribution in [3.63, 3.8) is 0 Å². The average Bonchev–Trinajstić information content (AvgIpc) is 3.00. The highest BCUT2D eigenvalue weighted by Crippen LogP contribution is 2.72. The van der Waals surface area contributed by atoms with E-state index in [0.717, 1.165) is 60.7 Å². The van der Waals surface area contributed by atoms with Crippen LogP contribution in [0.4, 0.5) is 74.6 Å². The van der Waals surface area contributed by atoms with E-state index in [2.05, 4.69) is 3.63 Å². The Bertz CT molecular complexity index is 1690. The van der Waals surface area contributed by atoms with Gasteiger partial charge in [0.25, 0.3) is 0 Å². The summed E-state index contributed by atoms with van der Waals surface area (Å²) in [6, 6.07) is 15.2. The summed E-state index contributed by atoms with van der Waals surface area (Å²) in [6.07, 6.45) is -7.92. The first-order chi connectivity index (χ1) is 21.9. The first-order valence-electron chi connectivity index (χ1n) is 12.6. The van der Waals surface area contributed by atoms with Gasteiger partial charge in [0.05, 0.1) is 0 Å². The maximum atomic E-state index is 15.2. The Hall–Kier alpha value is -3.27. The zero-order valence-corrected chi connectivity index (χ0v) is 25.2. The second-order valence-corrected chi connectivity index (χ2v) is 14.5. The van der Waals surface area contributed by atoms with E-state index in [0.29, 0.717) is 5.56 Å². The molecule has 3 aromatic carbocycles. The van der Waals surface area contributed by atoms with Gasteiger partial charge < -0.3 is 0 Å². The van der Waals surface area contributed by atoms with Gasteiger partial charge in [0.2, 0.25) is 0 Å². The van der Waals surface area contributed by atoms with Crippen LogP contribution in [-0.4, -0.2) is 55.4 Å². The van der Waals surface area contributed by atoms with Crippen LogP contribution >= 0.6 is 10.3 Å². The van der Waals surface area contributed by atoms with Gasteiger partial charge in [-0.05, 0) is 53.6 Å². The van der Waals surface area contributed by atoms with Crippen molar-refractivity contribution in [1.29, 1.82) is 0 Å². The van der Waals surface area contributed by atoms with E-state index in [1.165, 1.54) is 31.2 Å². The van der Waals surface area contributed by atoms with Crippen molar-refractivity contribution in [2.75, 3.05) is 0 Å². The molecular formula is C27H17F17O3S2. The fraction of sp³-hybridized carbons (Fsp3) is 0.333. The van der Waals surface area contributed by atoms with Crippen molar-refractivity contribution >= 4 is 20.4 Å². The summed E-state index contributed by atoms with van der Waals surface area (Å²) >= 11 is 0. The van der Waals surface area contributed by atoms with Gasteiger partial charge in [-0.1, -0.05) is 54.1 Å². The quantitative estimate of drug-likeness (QED) is 0.172. The summed E-state index contributed by atoms with van der Waals surface area (Å²) in [5.41, 5.74) is 0.397. The van der Waals surface area contributed by atoms with E-state index in [4.69, 9.17) is 0 Å². The van der Waals surface area contributed by atoms with E-state index in [1.54, 1.807) is 0 Å². The molecule has 3 nitrogen and oxygen atoms in total. The van der Waals surface area contributed by atoms with Gasteiger partial charge in [0.1, 0.15) is 0 Å². The Labute approximate surface area is 266 Å². The molecule has 0 aliphatic carbocycles. The van der Waals surface area contributed by atoms with Crippen LogP contribution in [0, 0.1) is 6.92 Å². The van der Waals surface area contributed by atoms with Crippen LogP contribution in [0.15, 0.2) is 99.6 Å². The molecule has 0 saturated heterocycles. The SMILES string of the molecule is Cc1ccc(S(OS(=O)(=O)C(F)(F)C(F)(F)C(F)(F)C(F)(F)C(F)(F)C(F)(F)C(F)(F)C(F)(F)F)(c2ccccc2)c2ccccc2)cc1. The standard InChI is InChI=1S/C27H17F17O3S2/c1-16-12-14-19(15-13-16)48(17-8-4-2-5-9-17,18-10-6-3-7-11-18)47-49(45,46)27(43,44)25(38,39)23(34,35)21(30,31)20(28,29)22(32,33)24(36,37)26(40,41)42/h2-15H,1H3. The topological polar surface area (TPSA) is 43.4 Å². The van der Waals surface area contributed by atoms with Gasteiger partial charge in [0, 0.05) is 14.7 Å². The third-order valence-electron chi connectivity index (χ3n) is 6.70. The average molecular weight is 777 g/mol. The van der Waals surface area contributed by atoms with Crippen LogP contribution in [0.5, 0.6) is 0 Å². The Balaban J connectivity index is 2.30. The van der Waals surface area contributed by atoms with Crippen molar-refractivity contribution < 1.29 is 86.7 Å². The molecule has 0 N–H and O–H groups in total. The highest BCUT2D eigenvalue weighted by Gasteiger charge is 2.96. The summed E-state index contributed by atoms with van der Waals surface area (Å²) in [6.45, 7) is 1.45. The molecule has 0 heterocycles. The lowest BCUT2D eigenvalue weighted by Gasteiger charge is -2.43. The largest absolute Gasteiger partial charge is 0.460 e. The molecule has 0 aliphatic heterocycles. The summed E-state index contributed by atoms with van der Waals surface area (Å²) < 4.78 is 267. The summed E-state index contributed by atoms with van der Waals surface area (Å²) in [4.78, 5) is -1.44. The summed E-state index contributed by atoms with van der Waals surface area (Å²) in [5.74, 6) is -52.3. The molecule has 0 spiro atoms. The molecule has 0 atom stereocenters. The van der Waals surface area contributed by atoms with Crippen LogP contribution < -0.4 is 0 Å². The molecule has 274 valence electrons. The van der Waals surface area contributed by atoms with E-state index >= 15 is 8.78 Å². The number of aryl methyl sites for hydroxylation is 1. The number of alkyl halides is 17. The predicted octanol–water partition coefficient (Wildman–Crippen LogP) is 10.5. The van der Waals surface area contributed by atoms with E-state index in [-0.39, 0.29) is 0 Å². The highest BCUT2D eigenvalue weighted by molar-refractivity contribution is 8.33. The van der Waals surface area contributed by atoms with Crippen molar-refractivity contribution in [1.82, 2.24) is 0 Å². The van der Waals surface area contributed by atoms with E-state index in [1.807, 2.05) is 0 Å². The summed E-state index contributed by atoms with van der Waals surface area (Å²) in [7, 11) is -12.4. The van der Waals surface area contributed by atoms with Gasteiger partial charge in [0.15, 0.2) is 0 Å². The maximum absolute atomic E-state index is 15.2. The van der Waals surface area contributed by atoms with E-state index in [9.17, 15) is 74.3 Å². The minimum atomic E-state index is -8.96. The van der Waals surface area contributed by atoms with Crippen LogP contribution in [-0.2, 0) is 13.7 Å². The van der Waals surface area contributed by atoms with E-state index < -0.39 is 82.1 Å². The van der Waals surface area contributed by atoms with Gasteiger partial charge >= 0.3 is 57.1 Å². The van der Waals surface area contributed by atoms with Gasteiger partial charge in [-0.15, -0.1) is 0 Å². The molecule has 0 aromatic heterocycles. The molecule has 0 radical (unpaired) electrons. The zero-order valence-electron chi connectivity index (χ0n) is 23.5. The molecule has 0 saturated carbocycles. The second-order valence-electron chi connectivity index (χ2n) is 9.98. The Morgan fingerprint density at radius 2 is 0.735 bits per heavy atom. The molecule has 0 bridgehead atoms. The molecule has 0 amide bonds. The van der Waals surface area contributed by atoms with Crippen molar-refractivity contribution in [3.8, 4) is 0 Å². The normalized spacial score (nSPS) is 15.3. The lowest BCUT2D eigenvalue weighted by Crippen LogP contribution is -2.75. The van der Waals surface area contributed by atoms with Crippen molar-refractivity contribution in [2.24, 2.45) is 0 Å². The molecule has 3 rings (SSSR count). The minimum absolute atomic E-state index is 0.397. The number of halogens is 17. The first-order valence-corrected chi connectivity index (χ1v) is 15.6. The smallest absolute Gasteiger partial charge is 0.202 e. The first kappa shape index (κ1) is 40.2. The Morgan fingerprint density at radius 1 is 0.429 bits per heavy atom. The number of benzene rings is 3. The van der Waals surface area contributed by atoms with Crippen LogP contribution in [0.25, 0.3) is 0 Å². The van der Waals surface area contributed by atoms with Gasteiger partial charge in [-0.2, -0.15) is 83.1 Å². The fourth-order valence-electron chi connectivity index (χ4n) is 3.96. The highest BCUT2D eigenvalue weighted by atomic mass is 32.3. The molecular weight excluding hydrogens is 759 g/mol. The monoisotopic (exact) mass is 776 g/mol. The fourth-order valence-corrected chi connectivity index (χ4v) is 9.18. The van der Waals surface area contributed by atoms with Crippen molar-refractivity contribution in [3.05, 3.63) is 90.5 Å². The number of hydrogen-bond donors (Lipinski definition) is 0. The molecule has 0 unspecified atom stereocenters. The molecule has 49 heavy (non-hydrogen) atoms. The number of hydrogen-bond acceptors (Lipinski definition) is 3. The molecule has 3 aromatic rings. The third kappa shape index (κ3) is 5.79. The molecule has 0 aliphatic rings. The second kappa shape index (κ2) is 12.2. The van der Waals surface area contributed by atoms with Crippen LogP contribution in [0.1, 0.15) is 5.56 Å². The molecule has 22 heteroatoms. The zero-order chi connectivity index (χ0) is 37.9. The molecule has 0 fully saturated rings. The lowest BCUT2D eigenvalue weighted by molar-refractivity contribution is -0.458. The maximum Gasteiger partial charge on any atom is 0.460 e. The Kier molecular flexibility index (Phi) is 10.0.